The average Bonchev–Trinajstić information content (AvgIpc) is 3.26. The number of fused-ring (bicyclic) bond motifs is 2. The van der Waals surface area contributed by atoms with Gasteiger partial charge in [-0.25, -0.2) is 4.79 Å². The molecule has 7 heteroatoms. The molecule has 1 atom stereocenters. The van der Waals surface area contributed by atoms with Crippen LogP contribution in [0.15, 0.2) is 90.2 Å². The lowest BCUT2D eigenvalue weighted by atomic mass is 9.79. The number of carbonyl (C=O) groups is 2. The van der Waals surface area contributed by atoms with Crippen molar-refractivity contribution in [3.8, 4) is 17.6 Å². The second-order valence-corrected chi connectivity index (χ2v) is 9.74. The molecular formula is C34H30N2O5. The van der Waals surface area contributed by atoms with E-state index in [4.69, 9.17) is 14.2 Å². The Balaban J connectivity index is 1.66. The number of nitrogens with one attached hydrogen (secondary N) is 1. The van der Waals surface area contributed by atoms with E-state index in [9.17, 15) is 14.9 Å². The fraction of sp³-hybridized carbons (Fsp3) is 0.206. The number of nitrogens with zero attached hydrogens (tertiary/aromatic N) is 1. The molecule has 0 unspecified atom stereocenters. The standard InChI is InChI=1S/C34H30N2O5/c1-5-11-21-16-24(17-27(39-4)33(21)41-19-23-13-8-7-12-22(23)18-35)29-28(34(38)40-6-2)20(3)36-31-25-14-9-10-15-26(25)32(37)30(29)31/h5,7-10,12-17,29,36H,1,6,11,19H2,2-4H3/t29-/m1/s1. The SMILES string of the molecule is C=CCc1cc([C@@H]2C(C(=O)OCC)=C(C)NC3=C2C(=O)c2ccccc23)cc(OC)c1OCc1ccccc1C#N. The molecule has 0 radical (unpaired) electrons. The predicted molar refractivity (Wildman–Crippen MR) is 155 cm³/mol. The van der Waals surface area contributed by atoms with Crippen LogP contribution in [-0.2, 0) is 22.6 Å². The molecule has 3 aromatic carbocycles. The van der Waals surface area contributed by atoms with E-state index in [1.807, 2.05) is 55.5 Å². The van der Waals surface area contributed by atoms with E-state index in [1.54, 1.807) is 32.2 Å². The molecule has 1 aliphatic heterocycles. The molecule has 0 spiro atoms. The maximum absolute atomic E-state index is 13.8. The second kappa shape index (κ2) is 11.6. The quantitative estimate of drug-likeness (QED) is 0.259. The zero-order valence-electron chi connectivity index (χ0n) is 23.2. The number of dihydropyridines is 1. The lowest BCUT2D eigenvalue weighted by Crippen LogP contribution is -2.29. The summed E-state index contributed by atoms with van der Waals surface area (Å²) in [6, 6.07) is 20.6. The van der Waals surface area contributed by atoms with Gasteiger partial charge in [-0.2, -0.15) is 5.26 Å². The normalized spacial score (nSPS) is 15.5. The van der Waals surface area contributed by atoms with Gasteiger partial charge in [-0.1, -0.05) is 54.6 Å². The van der Waals surface area contributed by atoms with Gasteiger partial charge in [0.05, 0.1) is 36.6 Å². The van der Waals surface area contributed by atoms with Crippen molar-refractivity contribution in [2.24, 2.45) is 0 Å². The van der Waals surface area contributed by atoms with Gasteiger partial charge >= 0.3 is 5.97 Å². The zero-order chi connectivity index (χ0) is 29.1. The van der Waals surface area contributed by atoms with Gasteiger partial charge in [0.25, 0.3) is 0 Å². The van der Waals surface area contributed by atoms with Gasteiger partial charge in [0.2, 0.25) is 0 Å². The number of ether oxygens (including phenoxy) is 3. The molecule has 41 heavy (non-hydrogen) atoms. The third-order valence-electron chi connectivity index (χ3n) is 7.33. The van der Waals surface area contributed by atoms with E-state index in [1.165, 1.54) is 0 Å². The summed E-state index contributed by atoms with van der Waals surface area (Å²) in [4.78, 5) is 27.2. The first-order chi connectivity index (χ1) is 19.9. The van der Waals surface area contributed by atoms with Crippen LogP contribution < -0.4 is 14.8 Å². The molecule has 5 rings (SSSR count). The van der Waals surface area contributed by atoms with Crippen LogP contribution in [0.5, 0.6) is 11.5 Å². The molecule has 206 valence electrons. The number of nitriles is 1. The molecule has 0 bridgehead atoms. The highest BCUT2D eigenvalue weighted by molar-refractivity contribution is 6.23. The maximum Gasteiger partial charge on any atom is 0.336 e. The highest BCUT2D eigenvalue weighted by Gasteiger charge is 2.43. The Morgan fingerprint density at radius 1 is 1.10 bits per heavy atom. The minimum atomic E-state index is -0.698. The second-order valence-electron chi connectivity index (χ2n) is 9.74. The number of esters is 1. The Morgan fingerprint density at radius 3 is 2.54 bits per heavy atom. The highest BCUT2D eigenvalue weighted by atomic mass is 16.5. The van der Waals surface area contributed by atoms with E-state index in [2.05, 4.69) is 18.0 Å². The number of allylic oxidation sites excluding steroid dienone is 3. The van der Waals surface area contributed by atoms with E-state index in [0.29, 0.717) is 57.2 Å². The summed E-state index contributed by atoms with van der Waals surface area (Å²) in [5.74, 6) is -0.378. The third-order valence-corrected chi connectivity index (χ3v) is 7.33. The van der Waals surface area contributed by atoms with Crippen molar-refractivity contribution in [3.63, 3.8) is 0 Å². The van der Waals surface area contributed by atoms with Crippen molar-refractivity contribution in [3.05, 3.63) is 124 Å². The van der Waals surface area contributed by atoms with Crippen molar-refractivity contribution >= 4 is 17.4 Å². The first-order valence-corrected chi connectivity index (χ1v) is 13.4. The Bertz CT molecular complexity index is 1670. The number of carbonyl (C=O) groups excluding carboxylic acids is 2. The highest BCUT2D eigenvalue weighted by Crippen LogP contribution is 2.48. The van der Waals surface area contributed by atoms with Gasteiger partial charge in [0.1, 0.15) is 6.61 Å². The monoisotopic (exact) mass is 546 g/mol. The lowest BCUT2D eigenvalue weighted by Gasteiger charge is -2.30. The van der Waals surface area contributed by atoms with E-state index >= 15 is 0 Å². The summed E-state index contributed by atoms with van der Waals surface area (Å²) in [7, 11) is 1.55. The summed E-state index contributed by atoms with van der Waals surface area (Å²) in [6.07, 6.45) is 2.20. The van der Waals surface area contributed by atoms with Crippen LogP contribution in [0.3, 0.4) is 0 Å². The molecule has 3 aromatic rings. The van der Waals surface area contributed by atoms with Crippen LogP contribution in [0.25, 0.3) is 5.70 Å². The Morgan fingerprint density at radius 2 is 1.83 bits per heavy atom. The molecular weight excluding hydrogens is 516 g/mol. The summed E-state index contributed by atoms with van der Waals surface area (Å²) in [5.41, 5.74) is 6.30. The summed E-state index contributed by atoms with van der Waals surface area (Å²) in [5, 5.41) is 12.8. The van der Waals surface area contributed by atoms with Crippen LogP contribution >= 0.6 is 0 Å². The fourth-order valence-electron chi connectivity index (χ4n) is 5.52. The molecule has 0 saturated heterocycles. The average molecular weight is 547 g/mol. The number of hydrogen-bond donors (Lipinski definition) is 1. The minimum absolute atomic E-state index is 0.139. The van der Waals surface area contributed by atoms with Crippen LogP contribution in [0.4, 0.5) is 0 Å². The first kappa shape index (κ1) is 27.5. The van der Waals surface area contributed by atoms with Gasteiger partial charge in [0.15, 0.2) is 17.3 Å². The van der Waals surface area contributed by atoms with Crippen molar-refractivity contribution < 1.29 is 23.8 Å². The Hall–Kier alpha value is -5.09. The molecule has 0 fully saturated rings. The van der Waals surface area contributed by atoms with E-state index < -0.39 is 11.9 Å². The molecule has 1 aliphatic carbocycles. The molecule has 2 aliphatic rings. The third kappa shape index (κ3) is 4.89. The summed E-state index contributed by atoms with van der Waals surface area (Å²) >= 11 is 0. The molecule has 7 nitrogen and oxygen atoms in total. The lowest BCUT2D eigenvalue weighted by molar-refractivity contribution is -0.138. The molecule has 1 heterocycles. The van der Waals surface area contributed by atoms with E-state index in [0.717, 1.165) is 16.7 Å². The van der Waals surface area contributed by atoms with Gasteiger partial charge in [0, 0.05) is 39.4 Å². The first-order valence-electron chi connectivity index (χ1n) is 13.4. The van der Waals surface area contributed by atoms with Crippen LogP contribution in [0, 0.1) is 11.3 Å². The molecule has 0 amide bonds. The van der Waals surface area contributed by atoms with Crippen molar-refractivity contribution in [2.75, 3.05) is 13.7 Å². The maximum atomic E-state index is 13.8. The largest absolute Gasteiger partial charge is 0.493 e. The van der Waals surface area contributed by atoms with Crippen LogP contribution in [-0.4, -0.2) is 25.5 Å². The zero-order valence-corrected chi connectivity index (χ0v) is 23.2. The number of methoxy groups -OCH3 is 1. The number of hydrogen-bond acceptors (Lipinski definition) is 7. The number of rotatable bonds is 9. The van der Waals surface area contributed by atoms with Crippen LogP contribution in [0.1, 0.15) is 57.9 Å². The van der Waals surface area contributed by atoms with Gasteiger partial charge in [-0.15, -0.1) is 6.58 Å². The van der Waals surface area contributed by atoms with Gasteiger partial charge in [-0.3, -0.25) is 4.79 Å². The van der Waals surface area contributed by atoms with Gasteiger partial charge in [-0.05, 0) is 38.0 Å². The van der Waals surface area contributed by atoms with Gasteiger partial charge < -0.3 is 19.5 Å². The number of Topliss-reactive ketones (excluding diaryl/α,β-unsaturated/α-hetero) is 1. The number of benzene rings is 3. The summed E-state index contributed by atoms with van der Waals surface area (Å²) < 4.78 is 17.5. The predicted octanol–water partition coefficient (Wildman–Crippen LogP) is 6.01. The number of ketones is 1. The smallest absolute Gasteiger partial charge is 0.336 e. The molecule has 1 N–H and O–H groups in total. The van der Waals surface area contributed by atoms with Crippen molar-refractivity contribution in [1.82, 2.24) is 5.32 Å². The molecule has 0 saturated carbocycles. The fourth-order valence-corrected chi connectivity index (χ4v) is 5.52. The topological polar surface area (TPSA) is 97.7 Å². The van der Waals surface area contributed by atoms with E-state index in [-0.39, 0.29) is 19.0 Å². The van der Waals surface area contributed by atoms with Crippen LogP contribution in [0.2, 0.25) is 0 Å². The Kier molecular flexibility index (Phi) is 7.75. The minimum Gasteiger partial charge on any atom is -0.493 e. The summed E-state index contributed by atoms with van der Waals surface area (Å²) in [6.45, 7) is 7.85. The van der Waals surface area contributed by atoms with Crippen molar-refractivity contribution in [1.29, 1.82) is 5.26 Å². The molecule has 0 aromatic heterocycles. The van der Waals surface area contributed by atoms with Crippen molar-refractivity contribution in [2.45, 2.75) is 32.8 Å². The Labute approximate surface area is 239 Å².